The average molecular weight is 697 g/mol. The van der Waals surface area contributed by atoms with Crippen LogP contribution in [0, 0.1) is 25.7 Å². The third kappa shape index (κ3) is 5.80. The molecule has 7 rings (SSSR count). The number of Topliss-reactive ketones (excluding diaryl/α,β-unsaturated/α-hetero) is 1. The molecular formula is C40H37ClO5S2. The molecular weight excluding hydrogens is 660 g/mol. The molecule has 2 aliphatic carbocycles. The molecule has 0 amide bonds. The van der Waals surface area contributed by atoms with Crippen LogP contribution >= 0.6 is 11.6 Å². The minimum absolute atomic E-state index is 0.0217. The van der Waals surface area contributed by atoms with Gasteiger partial charge < -0.3 is 0 Å². The molecule has 0 heterocycles. The van der Waals surface area contributed by atoms with Gasteiger partial charge in [-0.15, -0.1) is 0 Å². The second-order valence-electron chi connectivity index (χ2n) is 13.5. The lowest BCUT2D eigenvalue weighted by atomic mass is 9.61. The van der Waals surface area contributed by atoms with Crippen molar-refractivity contribution in [2.45, 2.75) is 65.2 Å². The van der Waals surface area contributed by atoms with Gasteiger partial charge in [0.2, 0.25) is 0 Å². The lowest BCUT2D eigenvalue weighted by Gasteiger charge is -2.48. The molecule has 246 valence electrons. The summed E-state index contributed by atoms with van der Waals surface area (Å²) in [5.41, 5.74) is 3.65. The zero-order valence-electron chi connectivity index (χ0n) is 26.8. The summed E-state index contributed by atoms with van der Waals surface area (Å²) in [6.45, 7) is 3.89. The van der Waals surface area contributed by atoms with Gasteiger partial charge in [-0.25, -0.2) is 16.8 Å². The van der Waals surface area contributed by atoms with E-state index in [1.165, 1.54) is 12.1 Å². The Morgan fingerprint density at radius 1 is 0.604 bits per heavy atom. The van der Waals surface area contributed by atoms with Gasteiger partial charge in [-0.2, -0.15) is 0 Å². The summed E-state index contributed by atoms with van der Waals surface area (Å²) < 4.78 is 58.8. The molecule has 0 saturated heterocycles. The van der Waals surface area contributed by atoms with Crippen molar-refractivity contribution in [2.75, 3.05) is 0 Å². The van der Waals surface area contributed by atoms with Crippen LogP contribution in [-0.4, -0.2) is 33.1 Å². The van der Waals surface area contributed by atoms with Crippen LogP contribution in [0.2, 0.25) is 5.02 Å². The number of hydrogen-bond acceptors (Lipinski definition) is 5. The van der Waals surface area contributed by atoms with Crippen LogP contribution in [0.3, 0.4) is 0 Å². The number of halogens is 1. The largest absolute Gasteiger partial charge is 0.299 e. The summed E-state index contributed by atoms with van der Waals surface area (Å²) in [5, 5.41) is 0.490. The van der Waals surface area contributed by atoms with E-state index < -0.39 is 53.8 Å². The van der Waals surface area contributed by atoms with Gasteiger partial charge in [-0.05, 0) is 90.9 Å². The summed E-state index contributed by atoms with van der Waals surface area (Å²) in [6, 6.07) is 34.6. The first-order valence-electron chi connectivity index (χ1n) is 16.3. The Morgan fingerprint density at radius 3 is 1.88 bits per heavy atom. The number of ketones is 1. The third-order valence-corrected chi connectivity index (χ3v) is 15.4. The van der Waals surface area contributed by atoms with E-state index in [0.717, 1.165) is 33.0 Å². The van der Waals surface area contributed by atoms with Crippen molar-refractivity contribution in [1.82, 2.24) is 0 Å². The fraction of sp³-hybridized carbons (Fsp3) is 0.275. The van der Waals surface area contributed by atoms with Crippen molar-refractivity contribution >= 4 is 47.8 Å². The van der Waals surface area contributed by atoms with Crippen LogP contribution in [0.5, 0.6) is 0 Å². The van der Waals surface area contributed by atoms with Gasteiger partial charge in [-0.1, -0.05) is 102 Å². The van der Waals surface area contributed by atoms with Crippen molar-refractivity contribution in [3.05, 3.63) is 143 Å². The minimum atomic E-state index is -3.98. The predicted octanol–water partition coefficient (Wildman–Crippen LogP) is 8.66. The Kier molecular flexibility index (Phi) is 8.59. The second kappa shape index (κ2) is 12.6. The molecule has 6 atom stereocenters. The van der Waals surface area contributed by atoms with E-state index >= 15 is 0 Å². The summed E-state index contributed by atoms with van der Waals surface area (Å²) in [6.07, 6.45) is 0.316. The van der Waals surface area contributed by atoms with Gasteiger partial charge in [0.15, 0.2) is 19.7 Å². The van der Waals surface area contributed by atoms with Gasteiger partial charge in [0.1, 0.15) is 5.78 Å². The smallest absolute Gasteiger partial charge is 0.182 e. The van der Waals surface area contributed by atoms with Crippen LogP contribution in [0.15, 0.2) is 125 Å². The highest BCUT2D eigenvalue weighted by atomic mass is 35.5. The second-order valence-corrected chi connectivity index (χ2v) is 18.2. The lowest BCUT2D eigenvalue weighted by molar-refractivity contribution is -0.128. The first-order valence-corrected chi connectivity index (χ1v) is 19.8. The Morgan fingerprint density at radius 2 is 1.19 bits per heavy atom. The minimum Gasteiger partial charge on any atom is -0.299 e. The van der Waals surface area contributed by atoms with Gasteiger partial charge in [0.25, 0.3) is 0 Å². The Hall–Kier alpha value is -3.78. The molecule has 2 aliphatic rings. The maximum absolute atomic E-state index is 15.0. The van der Waals surface area contributed by atoms with E-state index in [2.05, 4.69) is 0 Å². The molecule has 0 N–H and O–H groups in total. The van der Waals surface area contributed by atoms with Crippen LogP contribution < -0.4 is 0 Å². The van der Waals surface area contributed by atoms with Crippen molar-refractivity contribution in [3.8, 4) is 0 Å². The fourth-order valence-electron chi connectivity index (χ4n) is 8.21. The van der Waals surface area contributed by atoms with Gasteiger partial charge in [0, 0.05) is 29.2 Å². The number of benzene rings is 5. The first kappa shape index (κ1) is 32.8. The van der Waals surface area contributed by atoms with Crippen LogP contribution in [0.1, 0.15) is 53.4 Å². The normalized spacial score (nSPS) is 24.7. The monoisotopic (exact) mass is 696 g/mol. The maximum atomic E-state index is 15.0. The molecule has 0 aromatic heterocycles. The number of hydrogen-bond donors (Lipinski definition) is 0. The zero-order chi connectivity index (χ0) is 33.8. The molecule has 2 saturated carbocycles. The van der Waals surface area contributed by atoms with Gasteiger partial charge in [-0.3, -0.25) is 4.79 Å². The summed E-state index contributed by atoms with van der Waals surface area (Å²) in [5.74, 6) is -2.52. The quantitative estimate of drug-likeness (QED) is 0.177. The van der Waals surface area contributed by atoms with Crippen molar-refractivity contribution < 1.29 is 21.6 Å². The summed E-state index contributed by atoms with van der Waals surface area (Å²) >= 11 is 6.12. The SMILES string of the molecule is Cc1ccc([C@@H]2C[C@@H]3C(S(=O)(=O)c4ccc(C)cc4)[C@H](c4cccc5ccccc45)CC(=O)[C@@H]3CC2S(=O)(=O)c2ccc(Cl)cc2)cc1. The van der Waals surface area contributed by atoms with Gasteiger partial charge in [0.05, 0.1) is 20.3 Å². The molecule has 0 bridgehead atoms. The highest BCUT2D eigenvalue weighted by Crippen LogP contribution is 2.54. The number of sulfone groups is 2. The molecule has 48 heavy (non-hydrogen) atoms. The Balaban J connectivity index is 1.41. The number of aryl methyl sites for hydroxylation is 2. The van der Waals surface area contributed by atoms with E-state index in [9.17, 15) is 21.6 Å². The molecule has 0 spiro atoms. The highest BCUT2D eigenvalue weighted by molar-refractivity contribution is 7.92. The van der Waals surface area contributed by atoms with Crippen molar-refractivity contribution in [1.29, 1.82) is 0 Å². The highest BCUT2D eigenvalue weighted by Gasteiger charge is 2.56. The summed E-state index contributed by atoms with van der Waals surface area (Å²) in [7, 11) is -7.90. The maximum Gasteiger partial charge on any atom is 0.182 e. The molecule has 5 aromatic rings. The molecule has 0 aliphatic heterocycles. The third-order valence-electron chi connectivity index (χ3n) is 10.6. The standard InChI is InChI=1S/C40H37ClO5S2/c1-25-10-14-28(15-11-25)34-22-36-35(24-39(34)47(43,44)30-20-16-29(41)17-21-30)38(42)23-37(33-9-5-7-27-6-3-4-8-32(27)33)40(36)48(45,46)31-18-12-26(2)13-19-31/h3-21,34-37,39-40H,22-24H2,1-2H3/t34-,35+,36-,37-,39?,40?/m0/s1. The number of rotatable bonds is 6. The number of fused-ring (bicyclic) bond motifs is 2. The molecule has 5 aromatic carbocycles. The van der Waals surface area contributed by atoms with E-state index in [4.69, 9.17) is 11.6 Å². The van der Waals surface area contributed by atoms with E-state index in [1.807, 2.05) is 80.6 Å². The summed E-state index contributed by atoms with van der Waals surface area (Å²) in [4.78, 5) is 14.7. The molecule has 2 fully saturated rings. The first-order chi connectivity index (χ1) is 22.9. The Labute approximate surface area is 287 Å². The van der Waals surface area contributed by atoms with Crippen LogP contribution in [0.4, 0.5) is 0 Å². The molecule has 2 unspecified atom stereocenters. The fourth-order valence-corrected chi connectivity index (χ4v) is 12.6. The van der Waals surface area contributed by atoms with E-state index in [0.29, 0.717) is 5.02 Å². The van der Waals surface area contributed by atoms with Crippen molar-refractivity contribution in [2.24, 2.45) is 11.8 Å². The molecule has 0 radical (unpaired) electrons. The Bertz CT molecular complexity index is 2210. The number of carbonyl (C=O) groups excluding carboxylic acids is 1. The van der Waals surface area contributed by atoms with Crippen LogP contribution in [0.25, 0.3) is 10.8 Å². The van der Waals surface area contributed by atoms with Crippen LogP contribution in [-0.2, 0) is 24.5 Å². The zero-order valence-corrected chi connectivity index (χ0v) is 29.2. The average Bonchev–Trinajstić information content (AvgIpc) is 3.08. The number of carbonyl (C=O) groups is 1. The van der Waals surface area contributed by atoms with Crippen molar-refractivity contribution in [3.63, 3.8) is 0 Å². The lowest BCUT2D eigenvalue weighted by Crippen LogP contribution is -2.53. The predicted molar refractivity (Wildman–Crippen MR) is 191 cm³/mol. The molecule has 8 heteroatoms. The van der Waals surface area contributed by atoms with Gasteiger partial charge >= 0.3 is 0 Å². The van der Waals surface area contributed by atoms with E-state index in [1.54, 1.807) is 36.4 Å². The topological polar surface area (TPSA) is 85.3 Å². The van der Waals surface area contributed by atoms with E-state index in [-0.39, 0.29) is 34.8 Å². The molecule has 5 nitrogen and oxygen atoms in total.